The zero-order chi connectivity index (χ0) is 20.5. The van der Waals surface area contributed by atoms with Crippen LogP contribution in [0.25, 0.3) is 20.7 Å². The van der Waals surface area contributed by atoms with Crippen molar-refractivity contribution >= 4 is 50.3 Å². The normalized spacial score (nSPS) is 11.0. The van der Waals surface area contributed by atoms with Crippen LogP contribution in [-0.4, -0.2) is 21.2 Å². The van der Waals surface area contributed by atoms with Crippen LogP contribution < -0.4 is 10.9 Å². The Balaban J connectivity index is 1.59. The number of ketones is 1. The molecule has 6 nitrogen and oxygen atoms in total. The van der Waals surface area contributed by atoms with Crippen LogP contribution in [-0.2, 0) is 11.3 Å². The second-order valence-electron chi connectivity index (χ2n) is 6.60. The van der Waals surface area contributed by atoms with E-state index in [1.54, 1.807) is 35.6 Å². The third-order valence-corrected chi connectivity index (χ3v) is 6.38. The van der Waals surface area contributed by atoms with Crippen molar-refractivity contribution in [2.45, 2.75) is 20.4 Å². The maximum absolute atomic E-state index is 13.0. The Kier molecular flexibility index (Phi) is 5.12. The summed E-state index contributed by atoms with van der Waals surface area (Å²) in [6, 6.07) is 10.6. The molecule has 4 aromatic rings. The Morgan fingerprint density at radius 1 is 1.14 bits per heavy atom. The van der Waals surface area contributed by atoms with Crippen molar-refractivity contribution in [3.05, 3.63) is 68.9 Å². The quantitative estimate of drug-likeness (QED) is 0.484. The maximum atomic E-state index is 13.0. The number of carbonyl (C=O) groups excluding carboxylic acids is 2. The zero-order valence-corrected chi connectivity index (χ0v) is 17.4. The molecule has 0 unspecified atom stereocenters. The SMILES string of the molecule is CC(=O)c1ccc(NC(=O)Cn2cnc3scc(-c4ccc(C)s4)c3c2=O)cc1. The molecule has 0 spiro atoms. The van der Waals surface area contributed by atoms with Crippen LogP contribution in [0.4, 0.5) is 5.69 Å². The summed E-state index contributed by atoms with van der Waals surface area (Å²) in [6.07, 6.45) is 1.41. The molecule has 146 valence electrons. The fraction of sp³-hybridized carbons (Fsp3) is 0.143. The summed E-state index contributed by atoms with van der Waals surface area (Å²) in [6.45, 7) is 3.36. The number of carbonyl (C=O) groups is 2. The predicted octanol–water partition coefficient (Wildman–Crippen LogP) is 4.34. The van der Waals surface area contributed by atoms with Gasteiger partial charge in [0.05, 0.1) is 11.7 Å². The van der Waals surface area contributed by atoms with Gasteiger partial charge in [-0.1, -0.05) is 0 Å². The van der Waals surface area contributed by atoms with E-state index in [0.29, 0.717) is 21.5 Å². The monoisotopic (exact) mass is 423 g/mol. The molecule has 1 N–H and O–H groups in total. The summed E-state index contributed by atoms with van der Waals surface area (Å²) in [5.41, 5.74) is 1.75. The molecule has 1 amide bonds. The van der Waals surface area contributed by atoms with Crippen molar-refractivity contribution < 1.29 is 9.59 Å². The number of rotatable bonds is 5. The third kappa shape index (κ3) is 3.90. The summed E-state index contributed by atoms with van der Waals surface area (Å²) >= 11 is 3.04. The average molecular weight is 424 g/mol. The highest BCUT2D eigenvalue weighted by Crippen LogP contribution is 2.34. The van der Waals surface area contributed by atoms with Gasteiger partial charge in [-0.15, -0.1) is 22.7 Å². The van der Waals surface area contributed by atoms with E-state index in [0.717, 1.165) is 10.4 Å². The van der Waals surface area contributed by atoms with Crippen LogP contribution in [0.5, 0.6) is 0 Å². The topological polar surface area (TPSA) is 81.1 Å². The van der Waals surface area contributed by atoms with Gasteiger partial charge in [0.25, 0.3) is 5.56 Å². The third-order valence-electron chi connectivity index (χ3n) is 4.46. The lowest BCUT2D eigenvalue weighted by molar-refractivity contribution is -0.116. The van der Waals surface area contributed by atoms with Gasteiger partial charge in [-0.3, -0.25) is 19.0 Å². The first-order valence-corrected chi connectivity index (χ1v) is 10.6. The number of aromatic nitrogens is 2. The molecule has 0 saturated carbocycles. The van der Waals surface area contributed by atoms with Crippen LogP contribution in [0.3, 0.4) is 0 Å². The van der Waals surface area contributed by atoms with Gasteiger partial charge in [-0.05, 0) is 50.2 Å². The summed E-state index contributed by atoms with van der Waals surface area (Å²) in [4.78, 5) is 44.0. The van der Waals surface area contributed by atoms with Gasteiger partial charge in [0, 0.05) is 31.9 Å². The van der Waals surface area contributed by atoms with E-state index in [-0.39, 0.29) is 23.8 Å². The Hall–Kier alpha value is -3.10. The van der Waals surface area contributed by atoms with Crippen molar-refractivity contribution in [3.8, 4) is 10.4 Å². The number of amides is 1. The van der Waals surface area contributed by atoms with Crippen LogP contribution >= 0.6 is 22.7 Å². The second kappa shape index (κ2) is 7.73. The molecule has 4 rings (SSSR count). The van der Waals surface area contributed by atoms with Crippen LogP contribution in [0.1, 0.15) is 22.2 Å². The Labute approximate surface area is 174 Å². The average Bonchev–Trinajstić information content (AvgIpc) is 3.31. The van der Waals surface area contributed by atoms with Gasteiger partial charge < -0.3 is 5.32 Å². The molecule has 0 fully saturated rings. The van der Waals surface area contributed by atoms with E-state index in [2.05, 4.69) is 10.3 Å². The molecule has 1 aromatic carbocycles. The molecule has 0 aliphatic rings. The number of anilines is 1. The first-order valence-electron chi connectivity index (χ1n) is 8.86. The molecule has 29 heavy (non-hydrogen) atoms. The highest BCUT2D eigenvalue weighted by molar-refractivity contribution is 7.19. The number of hydrogen-bond donors (Lipinski definition) is 1. The predicted molar refractivity (Wildman–Crippen MR) is 117 cm³/mol. The van der Waals surface area contributed by atoms with E-state index >= 15 is 0 Å². The van der Waals surface area contributed by atoms with E-state index in [9.17, 15) is 14.4 Å². The van der Waals surface area contributed by atoms with E-state index < -0.39 is 0 Å². The minimum Gasteiger partial charge on any atom is -0.325 e. The number of fused-ring (bicyclic) bond motifs is 1. The highest BCUT2D eigenvalue weighted by atomic mass is 32.1. The van der Waals surface area contributed by atoms with Crippen molar-refractivity contribution in [1.29, 1.82) is 0 Å². The fourth-order valence-electron chi connectivity index (χ4n) is 2.98. The van der Waals surface area contributed by atoms with Crippen molar-refractivity contribution in [2.24, 2.45) is 0 Å². The number of Topliss-reactive ketones (excluding diaryl/α,β-unsaturated/α-hetero) is 1. The lowest BCUT2D eigenvalue weighted by atomic mass is 10.1. The minimum atomic E-state index is -0.340. The van der Waals surface area contributed by atoms with Crippen molar-refractivity contribution in [3.63, 3.8) is 0 Å². The molecular formula is C21H17N3O3S2. The molecule has 8 heteroatoms. The van der Waals surface area contributed by atoms with Crippen LogP contribution in [0.15, 0.2) is 52.9 Å². The second-order valence-corrected chi connectivity index (χ2v) is 8.75. The standard InChI is InChI=1S/C21H17N3O3S2/c1-12-3-8-17(29-12)16-10-28-20-19(16)21(27)24(11-22-20)9-18(26)23-15-6-4-14(5-7-15)13(2)25/h3-8,10-11H,9H2,1-2H3,(H,23,26). The summed E-state index contributed by atoms with van der Waals surface area (Å²) in [5, 5.41) is 5.22. The van der Waals surface area contributed by atoms with Gasteiger partial charge >= 0.3 is 0 Å². The Morgan fingerprint density at radius 2 is 1.90 bits per heavy atom. The van der Waals surface area contributed by atoms with E-state index in [4.69, 9.17) is 0 Å². The Morgan fingerprint density at radius 3 is 2.55 bits per heavy atom. The summed E-state index contributed by atoms with van der Waals surface area (Å²) in [7, 11) is 0. The van der Waals surface area contributed by atoms with Gasteiger partial charge in [-0.2, -0.15) is 0 Å². The maximum Gasteiger partial charge on any atom is 0.263 e. The summed E-state index contributed by atoms with van der Waals surface area (Å²) < 4.78 is 1.32. The molecule has 0 aliphatic carbocycles. The molecule has 0 saturated heterocycles. The summed E-state index contributed by atoms with van der Waals surface area (Å²) in [5.74, 6) is -0.381. The number of benzene rings is 1. The number of hydrogen-bond acceptors (Lipinski definition) is 6. The largest absolute Gasteiger partial charge is 0.325 e. The smallest absolute Gasteiger partial charge is 0.263 e. The molecule has 0 radical (unpaired) electrons. The van der Waals surface area contributed by atoms with Gasteiger partial charge in [0.1, 0.15) is 11.4 Å². The molecule has 3 aromatic heterocycles. The van der Waals surface area contributed by atoms with E-state index in [1.807, 2.05) is 24.4 Å². The minimum absolute atomic E-state index is 0.0405. The first-order chi connectivity index (χ1) is 13.9. The number of nitrogens with zero attached hydrogens (tertiary/aromatic N) is 2. The number of aryl methyl sites for hydroxylation is 1. The molecular weight excluding hydrogens is 406 g/mol. The van der Waals surface area contributed by atoms with Gasteiger partial charge in [-0.25, -0.2) is 4.98 Å². The van der Waals surface area contributed by atoms with Crippen molar-refractivity contribution in [2.75, 3.05) is 5.32 Å². The zero-order valence-electron chi connectivity index (χ0n) is 15.8. The lowest BCUT2D eigenvalue weighted by Crippen LogP contribution is -2.27. The number of thiophene rings is 2. The van der Waals surface area contributed by atoms with Crippen molar-refractivity contribution in [1.82, 2.24) is 9.55 Å². The Bertz CT molecular complexity index is 1280. The van der Waals surface area contributed by atoms with E-state index in [1.165, 1.54) is 34.0 Å². The lowest BCUT2D eigenvalue weighted by Gasteiger charge is -2.08. The molecule has 0 atom stereocenters. The van der Waals surface area contributed by atoms with Gasteiger partial charge in [0.2, 0.25) is 5.91 Å². The van der Waals surface area contributed by atoms with Crippen LogP contribution in [0.2, 0.25) is 0 Å². The molecule has 0 aliphatic heterocycles. The number of nitrogens with one attached hydrogen (secondary N) is 1. The fourth-order valence-corrected chi connectivity index (χ4v) is 4.85. The van der Waals surface area contributed by atoms with Crippen LogP contribution in [0, 0.1) is 6.92 Å². The first kappa shape index (κ1) is 19.2. The van der Waals surface area contributed by atoms with Gasteiger partial charge in [0.15, 0.2) is 5.78 Å². The highest BCUT2D eigenvalue weighted by Gasteiger charge is 2.16. The molecule has 3 heterocycles. The molecule has 0 bridgehead atoms.